The normalized spacial score (nSPS) is 20.0. The van der Waals surface area contributed by atoms with E-state index in [0.717, 1.165) is 18.9 Å². The first-order chi connectivity index (χ1) is 7.03. The molecule has 1 aromatic carbocycles. The Morgan fingerprint density at radius 3 is 2.53 bits per heavy atom. The van der Waals surface area contributed by atoms with Crippen LogP contribution in [0.2, 0.25) is 0 Å². The van der Waals surface area contributed by atoms with Crippen LogP contribution in [0.4, 0.5) is 8.78 Å². The second kappa shape index (κ2) is 3.75. The monoisotopic (exact) mass is 230 g/mol. The van der Waals surface area contributed by atoms with Gasteiger partial charge in [0.15, 0.2) is 0 Å². The molecule has 3 heteroatoms. The third-order valence-electron chi connectivity index (χ3n) is 3.29. The Morgan fingerprint density at radius 1 is 1.40 bits per heavy atom. The molecule has 0 nitrogen and oxygen atoms in total. The van der Waals surface area contributed by atoms with Crippen molar-refractivity contribution >= 4 is 11.6 Å². The molecule has 2 rings (SSSR count). The molecule has 1 aliphatic carbocycles. The van der Waals surface area contributed by atoms with E-state index in [1.165, 1.54) is 12.1 Å². The fourth-order valence-electron chi connectivity index (χ4n) is 1.92. The Kier molecular flexibility index (Phi) is 2.72. The van der Waals surface area contributed by atoms with Gasteiger partial charge in [-0.05, 0) is 43.2 Å². The molecule has 1 atom stereocenters. The minimum atomic E-state index is -0.528. The highest BCUT2D eigenvalue weighted by Crippen LogP contribution is 2.53. The van der Waals surface area contributed by atoms with Crippen LogP contribution >= 0.6 is 11.6 Å². The lowest BCUT2D eigenvalue weighted by molar-refractivity contribution is 0.476. The molecule has 0 saturated heterocycles. The number of alkyl halides is 1. The van der Waals surface area contributed by atoms with Gasteiger partial charge in [0, 0.05) is 11.4 Å². The van der Waals surface area contributed by atoms with E-state index in [1.54, 1.807) is 0 Å². The predicted octanol–water partition coefficient (Wildman–Crippen LogP) is 3.91. The van der Waals surface area contributed by atoms with Gasteiger partial charge in [0.05, 0.1) is 0 Å². The average Bonchev–Trinajstić information content (AvgIpc) is 2.91. The number of hydrogen-bond acceptors (Lipinski definition) is 0. The lowest BCUT2D eigenvalue weighted by Gasteiger charge is -2.18. The number of benzene rings is 1. The molecule has 1 fully saturated rings. The van der Waals surface area contributed by atoms with Gasteiger partial charge in [-0.15, -0.1) is 11.6 Å². The largest absolute Gasteiger partial charge is 0.207 e. The molecule has 15 heavy (non-hydrogen) atoms. The third-order valence-corrected chi connectivity index (χ3v) is 3.76. The zero-order valence-electron chi connectivity index (χ0n) is 8.56. The summed E-state index contributed by atoms with van der Waals surface area (Å²) in [7, 11) is 0. The Balaban J connectivity index is 2.18. The lowest BCUT2D eigenvalue weighted by atomic mass is 9.93. The lowest BCUT2D eigenvalue weighted by Crippen LogP contribution is -2.16. The summed E-state index contributed by atoms with van der Waals surface area (Å²) in [6, 6.07) is 3.75. The van der Waals surface area contributed by atoms with Crippen molar-refractivity contribution in [2.75, 3.05) is 0 Å². The van der Waals surface area contributed by atoms with Crippen molar-refractivity contribution in [3.63, 3.8) is 0 Å². The van der Waals surface area contributed by atoms with Crippen molar-refractivity contribution in [3.05, 3.63) is 35.4 Å². The molecule has 1 unspecified atom stereocenters. The van der Waals surface area contributed by atoms with Gasteiger partial charge in [-0.3, -0.25) is 0 Å². The van der Waals surface area contributed by atoms with Gasteiger partial charge in [0.25, 0.3) is 0 Å². The van der Waals surface area contributed by atoms with Gasteiger partial charge >= 0.3 is 0 Å². The average molecular weight is 231 g/mol. The maximum absolute atomic E-state index is 13.4. The highest BCUT2D eigenvalue weighted by Gasteiger charge is 2.46. The molecular formula is C12H13ClF2. The Morgan fingerprint density at radius 2 is 2.07 bits per heavy atom. The maximum Gasteiger partial charge on any atom is 0.129 e. The van der Waals surface area contributed by atoms with E-state index < -0.39 is 11.6 Å². The van der Waals surface area contributed by atoms with Crippen molar-refractivity contribution in [3.8, 4) is 0 Å². The van der Waals surface area contributed by atoms with E-state index in [4.69, 9.17) is 11.6 Å². The van der Waals surface area contributed by atoms with Crippen molar-refractivity contribution < 1.29 is 8.78 Å². The first-order valence-corrected chi connectivity index (χ1v) is 5.55. The fraction of sp³-hybridized carbons (Fsp3) is 0.500. The number of halogens is 3. The molecule has 0 aromatic heterocycles. The molecule has 82 valence electrons. The molecule has 0 radical (unpaired) electrons. The smallest absolute Gasteiger partial charge is 0.129 e. The van der Waals surface area contributed by atoms with E-state index in [-0.39, 0.29) is 10.8 Å². The Hall–Kier alpha value is -0.630. The first kappa shape index (κ1) is 10.9. The highest BCUT2D eigenvalue weighted by molar-refractivity contribution is 6.21. The van der Waals surface area contributed by atoms with Crippen LogP contribution < -0.4 is 0 Å². The van der Waals surface area contributed by atoms with E-state index >= 15 is 0 Å². The predicted molar refractivity (Wildman–Crippen MR) is 57.0 cm³/mol. The summed E-state index contributed by atoms with van der Waals surface area (Å²) in [5, 5.41) is 0.0435. The molecule has 1 saturated carbocycles. The standard InChI is InChI=1S/C12H13ClF2/c1-8(13)12(4-5-12)7-9-2-3-10(14)6-11(9)15/h2-3,6,8H,4-5,7H2,1H3. The van der Waals surface area contributed by atoms with Crippen LogP contribution in [0.1, 0.15) is 25.3 Å². The van der Waals surface area contributed by atoms with Gasteiger partial charge in [-0.25, -0.2) is 8.78 Å². The van der Waals surface area contributed by atoms with Crippen LogP contribution in [0.15, 0.2) is 18.2 Å². The third kappa shape index (κ3) is 2.15. The van der Waals surface area contributed by atoms with Crippen LogP contribution in [0.3, 0.4) is 0 Å². The van der Waals surface area contributed by atoms with Crippen LogP contribution in [0, 0.1) is 17.0 Å². The van der Waals surface area contributed by atoms with Crippen molar-refractivity contribution in [1.82, 2.24) is 0 Å². The van der Waals surface area contributed by atoms with Gasteiger partial charge in [0.1, 0.15) is 11.6 Å². The molecule has 0 bridgehead atoms. The van der Waals surface area contributed by atoms with Gasteiger partial charge in [0.2, 0.25) is 0 Å². The Labute approximate surface area is 93.2 Å². The van der Waals surface area contributed by atoms with E-state index in [9.17, 15) is 8.78 Å². The van der Waals surface area contributed by atoms with E-state index in [0.29, 0.717) is 12.0 Å². The molecular weight excluding hydrogens is 218 g/mol. The van der Waals surface area contributed by atoms with Gasteiger partial charge in [-0.1, -0.05) is 6.07 Å². The Bertz CT molecular complexity index is 370. The SMILES string of the molecule is CC(Cl)C1(Cc2ccc(F)cc2F)CC1. The zero-order chi connectivity index (χ0) is 11.1. The molecule has 1 aliphatic rings. The minimum absolute atomic E-state index is 0.0419. The molecule has 0 aliphatic heterocycles. The minimum Gasteiger partial charge on any atom is -0.207 e. The maximum atomic E-state index is 13.4. The topological polar surface area (TPSA) is 0 Å². The molecule has 0 N–H and O–H groups in total. The number of rotatable bonds is 3. The van der Waals surface area contributed by atoms with Crippen LogP contribution in [0.25, 0.3) is 0 Å². The quantitative estimate of drug-likeness (QED) is 0.691. The van der Waals surface area contributed by atoms with E-state index in [2.05, 4.69) is 0 Å². The summed E-state index contributed by atoms with van der Waals surface area (Å²) >= 11 is 6.07. The van der Waals surface area contributed by atoms with E-state index in [1.807, 2.05) is 6.92 Å². The summed E-state index contributed by atoms with van der Waals surface area (Å²) in [4.78, 5) is 0. The molecule has 0 amide bonds. The summed E-state index contributed by atoms with van der Waals surface area (Å²) in [6.45, 7) is 1.94. The molecule has 0 heterocycles. The highest BCUT2D eigenvalue weighted by atomic mass is 35.5. The van der Waals surface area contributed by atoms with Gasteiger partial charge < -0.3 is 0 Å². The second-order valence-electron chi connectivity index (χ2n) is 4.39. The van der Waals surface area contributed by atoms with Crippen LogP contribution in [0.5, 0.6) is 0 Å². The van der Waals surface area contributed by atoms with Crippen molar-refractivity contribution in [2.24, 2.45) is 5.41 Å². The fourth-order valence-corrected chi connectivity index (χ4v) is 2.22. The molecule has 1 aromatic rings. The van der Waals surface area contributed by atoms with Crippen LogP contribution in [-0.4, -0.2) is 5.38 Å². The summed E-state index contributed by atoms with van der Waals surface area (Å²) in [5.41, 5.74) is 0.613. The van der Waals surface area contributed by atoms with Crippen molar-refractivity contribution in [1.29, 1.82) is 0 Å². The summed E-state index contributed by atoms with van der Waals surface area (Å²) in [6.07, 6.45) is 2.69. The first-order valence-electron chi connectivity index (χ1n) is 5.11. The van der Waals surface area contributed by atoms with Crippen LogP contribution in [-0.2, 0) is 6.42 Å². The molecule has 0 spiro atoms. The zero-order valence-corrected chi connectivity index (χ0v) is 9.32. The second-order valence-corrected chi connectivity index (χ2v) is 5.05. The number of hydrogen-bond donors (Lipinski definition) is 0. The van der Waals surface area contributed by atoms with Crippen molar-refractivity contribution in [2.45, 2.75) is 31.6 Å². The summed E-state index contributed by atoms with van der Waals surface area (Å²) in [5.74, 6) is -0.987. The summed E-state index contributed by atoms with van der Waals surface area (Å²) < 4.78 is 26.1. The van der Waals surface area contributed by atoms with Gasteiger partial charge in [-0.2, -0.15) is 0 Å².